The molecule has 0 bridgehead atoms. The van der Waals surface area contributed by atoms with E-state index >= 15 is 0 Å². The van der Waals surface area contributed by atoms with Crippen molar-refractivity contribution < 1.29 is 26.4 Å². The first-order valence-electron chi connectivity index (χ1n) is 10.3. The Bertz CT molecular complexity index is 1040. The number of sulfonamides is 1. The number of benzene rings is 2. The third-order valence-corrected chi connectivity index (χ3v) is 7.32. The van der Waals surface area contributed by atoms with Crippen LogP contribution in [0.4, 0.5) is 13.2 Å². The molecule has 0 radical (unpaired) electrons. The molecule has 11 heteroatoms. The second-order valence-electron chi connectivity index (χ2n) is 7.97. The maximum atomic E-state index is 13.2. The van der Waals surface area contributed by atoms with Gasteiger partial charge in [0.25, 0.3) is 0 Å². The minimum Gasteiger partial charge on any atom is -0.351 e. The minimum absolute atomic E-state index is 0. The highest BCUT2D eigenvalue weighted by molar-refractivity contribution is 7.89. The summed E-state index contributed by atoms with van der Waals surface area (Å²) in [4.78, 5) is 12.9. The lowest BCUT2D eigenvalue weighted by molar-refractivity contribution is -0.137. The van der Waals surface area contributed by atoms with Crippen LogP contribution in [0.2, 0.25) is 0 Å². The van der Waals surface area contributed by atoms with Gasteiger partial charge in [0.1, 0.15) is 6.04 Å². The van der Waals surface area contributed by atoms with E-state index in [2.05, 4.69) is 10.6 Å². The summed E-state index contributed by atoms with van der Waals surface area (Å²) in [5, 5.41) is 5.66. The van der Waals surface area contributed by atoms with Crippen LogP contribution in [0.15, 0.2) is 53.4 Å². The molecule has 2 aromatic carbocycles. The molecule has 2 N–H and O–H groups in total. The van der Waals surface area contributed by atoms with Crippen LogP contribution < -0.4 is 10.6 Å². The highest BCUT2D eigenvalue weighted by Gasteiger charge is 2.37. The van der Waals surface area contributed by atoms with E-state index in [0.717, 1.165) is 17.7 Å². The summed E-state index contributed by atoms with van der Waals surface area (Å²) < 4.78 is 65.7. The second-order valence-corrected chi connectivity index (χ2v) is 9.86. The maximum Gasteiger partial charge on any atom is 0.416 e. The van der Waals surface area contributed by atoms with Crippen molar-refractivity contribution in [2.75, 3.05) is 19.6 Å². The van der Waals surface area contributed by atoms with E-state index in [0.29, 0.717) is 12.1 Å². The predicted molar refractivity (Wildman–Crippen MR) is 122 cm³/mol. The molecule has 1 atom stereocenters. The van der Waals surface area contributed by atoms with E-state index in [1.54, 1.807) is 24.3 Å². The molecule has 1 aliphatic heterocycles. The number of nitrogens with zero attached hydrogens (tertiary/aromatic N) is 1. The normalized spacial score (nSPS) is 17.5. The molecule has 1 amide bonds. The Morgan fingerprint density at radius 1 is 1.12 bits per heavy atom. The van der Waals surface area contributed by atoms with Gasteiger partial charge in [-0.2, -0.15) is 17.5 Å². The van der Waals surface area contributed by atoms with Crippen molar-refractivity contribution in [2.24, 2.45) is 0 Å². The molecular formula is C22H27ClF3N3O3S. The van der Waals surface area contributed by atoms with Gasteiger partial charge in [0.2, 0.25) is 15.9 Å². The molecule has 1 fully saturated rings. The highest BCUT2D eigenvalue weighted by atomic mass is 35.5. The molecule has 0 aromatic heterocycles. The summed E-state index contributed by atoms with van der Waals surface area (Å²) in [5.74, 6) is -0.255. The first kappa shape index (κ1) is 27.1. The standard InChI is InChI=1S/C22H26F3N3O3S.ClH/c1-15(2)17-5-9-19(10-6-17)32(30,31)28-12-11-26-14-20(28)21(29)27-13-16-3-7-18(8-4-16)22(23,24)25;/h3-10,15,20,26H,11-14H2,1-2H3,(H,27,29);1H. The molecule has 1 unspecified atom stereocenters. The fourth-order valence-corrected chi connectivity index (χ4v) is 5.06. The van der Waals surface area contributed by atoms with Crippen LogP contribution in [0.3, 0.4) is 0 Å². The van der Waals surface area contributed by atoms with Crippen LogP contribution in [-0.2, 0) is 27.5 Å². The molecule has 0 saturated carbocycles. The zero-order valence-electron chi connectivity index (χ0n) is 18.2. The molecule has 3 rings (SSSR count). The fourth-order valence-electron chi connectivity index (χ4n) is 3.48. The Labute approximate surface area is 198 Å². The molecule has 2 aromatic rings. The van der Waals surface area contributed by atoms with Crippen LogP contribution in [0.5, 0.6) is 0 Å². The van der Waals surface area contributed by atoms with E-state index in [1.807, 2.05) is 13.8 Å². The van der Waals surface area contributed by atoms with Crippen molar-refractivity contribution in [3.05, 3.63) is 65.2 Å². The highest BCUT2D eigenvalue weighted by Crippen LogP contribution is 2.29. The third-order valence-electron chi connectivity index (χ3n) is 5.40. The number of hydrogen-bond donors (Lipinski definition) is 2. The van der Waals surface area contributed by atoms with Gasteiger partial charge in [-0.05, 0) is 41.3 Å². The lowest BCUT2D eigenvalue weighted by atomic mass is 10.0. The van der Waals surface area contributed by atoms with Crippen molar-refractivity contribution in [3.63, 3.8) is 0 Å². The summed E-state index contributed by atoms with van der Waals surface area (Å²) in [5.41, 5.74) is 0.716. The van der Waals surface area contributed by atoms with Crippen molar-refractivity contribution in [1.29, 1.82) is 0 Å². The zero-order valence-corrected chi connectivity index (χ0v) is 19.9. The van der Waals surface area contributed by atoms with E-state index in [9.17, 15) is 26.4 Å². The SMILES string of the molecule is CC(C)c1ccc(S(=O)(=O)N2CCNCC2C(=O)NCc2ccc(C(F)(F)F)cc2)cc1.Cl. The van der Waals surface area contributed by atoms with Crippen LogP contribution >= 0.6 is 12.4 Å². The Morgan fingerprint density at radius 2 is 1.73 bits per heavy atom. The number of rotatable bonds is 6. The third kappa shape index (κ3) is 6.47. The van der Waals surface area contributed by atoms with Gasteiger partial charge in [-0.3, -0.25) is 4.79 Å². The van der Waals surface area contributed by atoms with Gasteiger partial charge in [0.15, 0.2) is 0 Å². The molecule has 0 aliphatic carbocycles. The van der Waals surface area contributed by atoms with Crippen molar-refractivity contribution in [1.82, 2.24) is 14.9 Å². The number of carbonyl (C=O) groups excluding carboxylic acids is 1. The van der Waals surface area contributed by atoms with E-state index in [-0.39, 0.29) is 42.9 Å². The van der Waals surface area contributed by atoms with Crippen LogP contribution in [-0.4, -0.2) is 44.3 Å². The summed E-state index contributed by atoms with van der Waals surface area (Å²) in [6.45, 7) is 4.69. The van der Waals surface area contributed by atoms with Gasteiger partial charge in [0, 0.05) is 26.2 Å². The summed E-state index contributed by atoms with van der Waals surface area (Å²) in [7, 11) is -3.90. The molecule has 1 saturated heterocycles. The van der Waals surface area contributed by atoms with Crippen LogP contribution in [0, 0.1) is 0 Å². The van der Waals surface area contributed by atoms with Gasteiger partial charge in [-0.15, -0.1) is 12.4 Å². The molecule has 182 valence electrons. The number of nitrogens with one attached hydrogen (secondary N) is 2. The number of piperazine rings is 1. The average Bonchev–Trinajstić information content (AvgIpc) is 2.77. The maximum absolute atomic E-state index is 13.2. The van der Waals surface area contributed by atoms with E-state index in [4.69, 9.17) is 0 Å². The Kier molecular flexibility index (Phi) is 8.92. The summed E-state index contributed by atoms with van der Waals surface area (Å²) >= 11 is 0. The number of alkyl halides is 3. The first-order chi connectivity index (χ1) is 15.0. The van der Waals surface area contributed by atoms with Crippen molar-refractivity contribution in [3.8, 4) is 0 Å². The summed E-state index contributed by atoms with van der Waals surface area (Å²) in [6.07, 6.45) is -4.43. The Balaban J connectivity index is 0.00000385. The van der Waals surface area contributed by atoms with Crippen molar-refractivity contribution >= 4 is 28.3 Å². The predicted octanol–water partition coefficient (Wildman–Crippen LogP) is 3.53. The molecule has 1 heterocycles. The Morgan fingerprint density at radius 3 is 2.27 bits per heavy atom. The van der Waals surface area contributed by atoms with Crippen molar-refractivity contribution in [2.45, 2.75) is 43.4 Å². The number of halogens is 4. The van der Waals surface area contributed by atoms with Gasteiger partial charge in [0.05, 0.1) is 10.5 Å². The largest absolute Gasteiger partial charge is 0.416 e. The van der Waals surface area contributed by atoms with Crippen LogP contribution in [0.1, 0.15) is 36.5 Å². The quantitative estimate of drug-likeness (QED) is 0.629. The molecule has 1 aliphatic rings. The van der Waals surface area contributed by atoms with E-state index in [1.165, 1.54) is 16.4 Å². The summed E-state index contributed by atoms with van der Waals surface area (Å²) in [6, 6.07) is 10.1. The van der Waals surface area contributed by atoms with Gasteiger partial charge < -0.3 is 10.6 Å². The molecular weight excluding hydrogens is 479 g/mol. The molecule has 33 heavy (non-hydrogen) atoms. The average molecular weight is 506 g/mol. The molecule has 0 spiro atoms. The second kappa shape index (κ2) is 10.9. The zero-order chi connectivity index (χ0) is 23.5. The lowest BCUT2D eigenvalue weighted by Gasteiger charge is -2.34. The number of amides is 1. The first-order valence-corrected chi connectivity index (χ1v) is 11.7. The number of hydrogen-bond acceptors (Lipinski definition) is 4. The topological polar surface area (TPSA) is 78.5 Å². The number of carbonyl (C=O) groups is 1. The fraction of sp³-hybridized carbons (Fsp3) is 0.409. The Hall–Kier alpha value is -2.14. The van der Waals surface area contributed by atoms with E-state index < -0.39 is 33.7 Å². The smallest absolute Gasteiger partial charge is 0.351 e. The molecule has 6 nitrogen and oxygen atoms in total. The lowest BCUT2D eigenvalue weighted by Crippen LogP contribution is -2.59. The monoisotopic (exact) mass is 505 g/mol. The minimum atomic E-state index is -4.43. The van der Waals surface area contributed by atoms with Gasteiger partial charge in [-0.1, -0.05) is 38.1 Å². The van der Waals surface area contributed by atoms with Gasteiger partial charge >= 0.3 is 6.18 Å². The van der Waals surface area contributed by atoms with Gasteiger partial charge in [-0.25, -0.2) is 8.42 Å². The van der Waals surface area contributed by atoms with Crippen LogP contribution in [0.25, 0.3) is 0 Å².